The van der Waals surface area contributed by atoms with E-state index in [2.05, 4.69) is 5.32 Å². The van der Waals surface area contributed by atoms with Gasteiger partial charge in [0.15, 0.2) is 0 Å². The number of esters is 1. The van der Waals surface area contributed by atoms with Crippen molar-refractivity contribution >= 4 is 17.6 Å². The van der Waals surface area contributed by atoms with Crippen LogP contribution in [0.5, 0.6) is 0 Å². The summed E-state index contributed by atoms with van der Waals surface area (Å²) < 4.78 is 5.19. The maximum absolute atomic E-state index is 12.0. The van der Waals surface area contributed by atoms with Crippen LogP contribution in [0, 0.1) is 22.7 Å². The molecule has 0 saturated heterocycles. The first-order valence-electron chi connectivity index (χ1n) is 7.05. The number of anilines is 1. The molecule has 6 nitrogen and oxygen atoms in total. The largest absolute Gasteiger partial charge is 0.457 e. The molecule has 24 heavy (non-hydrogen) atoms. The van der Waals surface area contributed by atoms with Gasteiger partial charge < -0.3 is 10.1 Å². The first-order chi connectivity index (χ1) is 11.6. The Morgan fingerprint density at radius 3 is 2.25 bits per heavy atom. The Morgan fingerprint density at radius 1 is 1.00 bits per heavy atom. The number of hydrogen-bond acceptors (Lipinski definition) is 5. The number of benzene rings is 2. The summed E-state index contributed by atoms with van der Waals surface area (Å²) in [6.45, 7) is 0.102. The Bertz CT molecular complexity index is 813. The molecule has 0 saturated carbocycles. The van der Waals surface area contributed by atoms with Gasteiger partial charge >= 0.3 is 5.97 Å². The molecule has 0 unspecified atom stereocenters. The second kappa shape index (κ2) is 8.11. The SMILES string of the molecule is N#CCC(=O)Nc1ccc(C(=O)OCc2ccc(C#N)cc2)cc1. The Labute approximate surface area is 138 Å². The van der Waals surface area contributed by atoms with Gasteiger partial charge in [0, 0.05) is 5.69 Å². The molecule has 2 rings (SSSR count). The molecule has 6 heteroatoms. The van der Waals surface area contributed by atoms with Crippen molar-refractivity contribution in [1.82, 2.24) is 0 Å². The quantitative estimate of drug-likeness (QED) is 0.853. The van der Waals surface area contributed by atoms with Crippen molar-refractivity contribution in [3.05, 3.63) is 65.2 Å². The van der Waals surface area contributed by atoms with E-state index in [0.717, 1.165) is 5.56 Å². The molecular formula is C18H13N3O3. The fraction of sp³-hybridized carbons (Fsp3) is 0.111. The second-order valence-electron chi connectivity index (χ2n) is 4.85. The molecule has 0 aliphatic rings. The Morgan fingerprint density at radius 2 is 1.67 bits per heavy atom. The summed E-state index contributed by atoms with van der Waals surface area (Å²) in [6.07, 6.45) is -0.228. The lowest BCUT2D eigenvalue weighted by Crippen LogP contribution is -2.10. The van der Waals surface area contributed by atoms with Gasteiger partial charge in [0.05, 0.1) is 23.3 Å². The number of ether oxygens (including phenoxy) is 1. The molecule has 1 amide bonds. The maximum atomic E-state index is 12.0. The summed E-state index contributed by atoms with van der Waals surface area (Å²) in [5.41, 5.74) is 2.17. The number of carbonyl (C=O) groups is 2. The molecule has 2 aromatic carbocycles. The minimum absolute atomic E-state index is 0.102. The topological polar surface area (TPSA) is 103 Å². The van der Waals surface area contributed by atoms with Crippen LogP contribution in [0.2, 0.25) is 0 Å². The van der Waals surface area contributed by atoms with E-state index < -0.39 is 11.9 Å². The van der Waals surface area contributed by atoms with Crippen molar-refractivity contribution in [3.63, 3.8) is 0 Å². The van der Waals surface area contributed by atoms with Crippen molar-refractivity contribution in [2.24, 2.45) is 0 Å². The highest BCUT2D eigenvalue weighted by molar-refractivity contribution is 5.93. The standard InChI is InChI=1S/C18H13N3O3/c19-10-9-17(22)21-16-7-5-15(6-8-16)18(23)24-12-14-3-1-13(11-20)2-4-14/h1-8H,9,12H2,(H,21,22). The average Bonchev–Trinajstić information content (AvgIpc) is 2.61. The van der Waals surface area contributed by atoms with E-state index in [1.807, 2.05) is 6.07 Å². The predicted molar refractivity (Wildman–Crippen MR) is 85.6 cm³/mol. The van der Waals surface area contributed by atoms with E-state index in [0.29, 0.717) is 16.8 Å². The zero-order valence-corrected chi connectivity index (χ0v) is 12.7. The van der Waals surface area contributed by atoms with Crippen LogP contribution in [0.4, 0.5) is 5.69 Å². The lowest BCUT2D eigenvalue weighted by molar-refractivity contribution is -0.115. The first kappa shape index (κ1) is 16.7. The first-order valence-corrected chi connectivity index (χ1v) is 7.05. The molecule has 0 atom stereocenters. The molecule has 0 aliphatic carbocycles. The number of rotatable bonds is 5. The number of amides is 1. The number of nitriles is 2. The van der Waals surface area contributed by atoms with E-state index in [4.69, 9.17) is 15.3 Å². The van der Waals surface area contributed by atoms with E-state index in [1.165, 1.54) is 12.1 Å². The zero-order chi connectivity index (χ0) is 17.4. The third-order valence-electron chi connectivity index (χ3n) is 3.10. The van der Waals surface area contributed by atoms with Crippen molar-refractivity contribution < 1.29 is 14.3 Å². The zero-order valence-electron chi connectivity index (χ0n) is 12.7. The highest BCUT2D eigenvalue weighted by atomic mass is 16.5. The van der Waals surface area contributed by atoms with E-state index >= 15 is 0 Å². The molecule has 0 aromatic heterocycles. The molecular weight excluding hydrogens is 306 g/mol. The van der Waals surface area contributed by atoms with Crippen LogP contribution in [-0.4, -0.2) is 11.9 Å². The van der Waals surface area contributed by atoms with E-state index in [9.17, 15) is 9.59 Å². The fourth-order valence-corrected chi connectivity index (χ4v) is 1.87. The Kier molecular flexibility index (Phi) is 5.65. The highest BCUT2D eigenvalue weighted by Gasteiger charge is 2.08. The second-order valence-corrected chi connectivity index (χ2v) is 4.85. The maximum Gasteiger partial charge on any atom is 0.338 e. The van der Waals surface area contributed by atoms with Gasteiger partial charge in [-0.3, -0.25) is 4.79 Å². The fourth-order valence-electron chi connectivity index (χ4n) is 1.87. The van der Waals surface area contributed by atoms with Gasteiger partial charge in [-0.25, -0.2) is 4.79 Å². The monoisotopic (exact) mass is 319 g/mol. The van der Waals surface area contributed by atoms with Gasteiger partial charge in [0.1, 0.15) is 13.0 Å². The van der Waals surface area contributed by atoms with Crippen LogP contribution < -0.4 is 5.32 Å². The lowest BCUT2D eigenvalue weighted by Gasteiger charge is -2.07. The third-order valence-corrected chi connectivity index (χ3v) is 3.10. The summed E-state index contributed by atoms with van der Waals surface area (Å²) in [7, 11) is 0. The lowest BCUT2D eigenvalue weighted by atomic mass is 10.1. The molecule has 0 radical (unpaired) electrons. The third kappa shape index (κ3) is 4.69. The number of hydrogen-bond donors (Lipinski definition) is 1. The summed E-state index contributed by atoms with van der Waals surface area (Å²) in [6, 6.07) is 16.7. The molecule has 118 valence electrons. The van der Waals surface area contributed by atoms with Crippen molar-refractivity contribution in [1.29, 1.82) is 10.5 Å². The van der Waals surface area contributed by atoms with Crippen LogP contribution >= 0.6 is 0 Å². The van der Waals surface area contributed by atoms with Crippen molar-refractivity contribution in [2.45, 2.75) is 13.0 Å². The van der Waals surface area contributed by atoms with Gasteiger partial charge in [-0.05, 0) is 42.0 Å². The summed E-state index contributed by atoms with van der Waals surface area (Å²) in [5, 5.41) is 19.7. The van der Waals surface area contributed by atoms with Gasteiger partial charge in [-0.2, -0.15) is 10.5 Å². The molecule has 1 N–H and O–H groups in total. The minimum atomic E-state index is -0.491. The van der Waals surface area contributed by atoms with Crippen LogP contribution in [0.1, 0.15) is 27.9 Å². The van der Waals surface area contributed by atoms with Crippen LogP contribution in [0.3, 0.4) is 0 Å². The van der Waals surface area contributed by atoms with Gasteiger partial charge in [-0.15, -0.1) is 0 Å². The molecule has 0 fully saturated rings. The molecule has 0 bridgehead atoms. The predicted octanol–water partition coefficient (Wildman–Crippen LogP) is 2.77. The van der Waals surface area contributed by atoms with Gasteiger partial charge in [0.2, 0.25) is 5.91 Å². The highest BCUT2D eigenvalue weighted by Crippen LogP contribution is 2.12. The Balaban J connectivity index is 1.91. The number of nitrogens with one attached hydrogen (secondary N) is 1. The van der Waals surface area contributed by atoms with Crippen molar-refractivity contribution in [2.75, 3.05) is 5.32 Å². The average molecular weight is 319 g/mol. The van der Waals surface area contributed by atoms with Crippen LogP contribution in [0.15, 0.2) is 48.5 Å². The minimum Gasteiger partial charge on any atom is -0.457 e. The number of nitrogens with zero attached hydrogens (tertiary/aromatic N) is 2. The molecule has 0 aliphatic heterocycles. The van der Waals surface area contributed by atoms with E-state index in [-0.39, 0.29) is 13.0 Å². The van der Waals surface area contributed by atoms with Crippen LogP contribution in [-0.2, 0) is 16.1 Å². The summed E-state index contributed by atoms with van der Waals surface area (Å²) in [5.74, 6) is -0.900. The van der Waals surface area contributed by atoms with Crippen LogP contribution in [0.25, 0.3) is 0 Å². The van der Waals surface area contributed by atoms with E-state index in [1.54, 1.807) is 42.5 Å². The summed E-state index contributed by atoms with van der Waals surface area (Å²) >= 11 is 0. The smallest absolute Gasteiger partial charge is 0.338 e. The van der Waals surface area contributed by atoms with Gasteiger partial charge in [0.25, 0.3) is 0 Å². The van der Waals surface area contributed by atoms with Gasteiger partial charge in [-0.1, -0.05) is 12.1 Å². The van der Waals surface area contributed by atoms with Crippen molar-refractivity contribution in [3.8, 4) is 12.1 Å². The number of carbonyl (C=O) groups excluding carboxylic acids is 2. The molecule has 2 aromatic rings. The molecule has 0 heterocycles. The molecule has 0 spiro atoms. The Hall–Kier alpha value is -3.64. The summed E-state index contributed by atoms with van der Waals surface area (Å²) in [4.78, 5) is 23.3. The normalized spacial score (nSPS) is 9.42.